The van der Waals surface area contributed by atoms with E-state index in [2.05, 4.69) is 15.0 Å². The fraction of sp³-hybridized carbons (Fsp3) is 0.350. The first-order valence-corrected chi connectivity index (χ1v) is 8.78. The summed E-state index contributed by atoms with van der Waals surface area (Å²) < 4.78 is 54.8. The minimum absolute atomic E-state index is 0.0296. The molecule has 1 amide bonds. The van der Waals surface area contributed by atoms with Crippen LogP contribution < -0.4 is 10.1 Å². The molecule has 29 heavy (non-hydrogen) atoms. The van der Waals surface area contributed by atoms with Crippen molar-refractivity contribution in [2.75, 3.05) is 0 Å². The van der Waals surface area contributed by atoms with Crippen molar-refractivity contribution in [2.45, 2.75) is 40.1 Å². The van der Waals surface area contributed by atoms with Gasteiger partial charge in [0.1, 0.15) is 5.78 Å². The first-order chi connectivity index (χ1) is 13.5. The number of halogens is 4. The van der Waals surface area contributed by atoms with E-state index < -0.39 is 23.8 Å². The SMILES string of the molecule is Cc1cc(C(=O)NCc2cccc(OC(F)(F)F)c2F)cc(CC(=O)C(C)C)n1. The average molecular weight is 412 g/mol. The molecule has 0 unspecified atom stereocenters. The lowest BCUT2D eigenvalue weighted by molar-refractivity contribution is -0.275. The number of ketones is 1. The standard InChI is InChI=1S/C20H20F4N2O3/c1-11(2)16(27)9-15-8-14(7-12(3)26-15)19(28)25-10-13-5-4-6-17(18(13)21)29-20(22,23)24/h4-8,11H,9-10H2,1-3H3,(H,25,28). The highest BCUT2D eigenvalue weighted by Crippen LogP contribution is 2.27. The van der Waals surface area contributed by atoms with E-state index in [9.17, 15) is 27.2 Å². The van der Waals surface area contributed by atoms with Crippen molar-refractivity contribution in [3.05, 3.63) is 58.7 Å². The zero-order valence-corrected chi connectivity index (χ0v) is 16.1. The van der Waals surface area contributed by atoms with Gasteiger partial charge in [-0.15, -0.1) is 13.2 Å². The zero-order chi connectivity index (χ0) is 21.8. The van der Waals surface area contributed by atoms with Gasteiger partial charge < -0.3 is 10.1 Å². The highest BCUT2D eigenvalue weighted by molar-refractivity contribution is 5.94. The summed E-state index contributed by atoms with van der Waals surface area (Å²) in [6.07, 6.45) is -4.95. The predicted molar refractivity (Wildman–Crippen MR) is 96.8 cm³/mol. The van der Waals surface area contributed by atoms with Gasteiger partial charge in [0.05, 0.1) is 0 Å². The third kappa shape index (κ3) is 6.55. The first-order valence-electron chi connectivity index (χ1n) is 8.78. The smallest absolute Gasteiger partial charge is 0.403 e. The Hall–Kier alpha value is -2.97. The summed E-state index contributed by atoms with van der Waals surface area (Å²) in [5.74, 6) is -2.96. The molecule has 0 aliphatic rings. The molecule has 9 heteroatoms. The van der Waals surface area contributed by atoms with Crippen molar-refractivity contribution in [3.63, 3.8) is 0 Å². The third-order valence-corrected chi connectivity index (χ3v) is 3.98. The summed E-state index contributed by atoms with van der Waals surface area (Å²) in [5.41, 5.74) is 1.00. The highest BCUT2D eigenvalue weighted by Gasteiger charge is 2.32. The lowest BCUT2D eigenvalue weighted by atomic mass is 10.0. The second-order valence-electron chi connectivity index (χ2n) is 6.75. The Morgan fingerprint density at radius 1 is 1.21 bits per heavy atom. The van der Waals surface area contributed by atoms with Crippen molar-refractivity contribution in [1.82, 2.24) is 10.3 Å². The number of amides is 1. The number of hydrogen-bond acceptors (Lipinski definition) is 4. The molecule has 0 spiro atoms. The van der Waals surface area contributed by atoms with E-state index in [-0.39, 0.29) is 35.8 Å². The molecular formula is C20H20F4N2O3. The summed E-state index contributed by atoms with van der Waals surface area (Å²) in [4.78, 5) is 28.6. The van der Waals surface area contributed by atoms with Crippen LogP contribution in [0, 0.1) is 18.7 Å². The topological polar surface area (TPSA) is 68.3 Å². The molecule has 1 heterocycles. The molecule has 156 valence electrons. The number of aromatic nitrogens is 1. The van der Waals surface area contributed by atoms with Crippen LogP contribution in [-0.4, -0.2) is 23.0 Å². The largest absolute Gasteiger partial charge is 0.573 e. The van der Waals surface area contributed by atoms with Gasteiger partial charge in [-0.1, -0.05) is 26.0 Å². The zero-order valence-electron chi connectivity index (χ0n) is 16.1. The van der Waals surface area contributed by atoms with E-state index in [1.54, 1.807) is 20.8 Å². The Morgan fingerprint density at radius 3 is 2.52 bits per heavy atom. The molecule has 2 rings (SSSR count). The van der Waals surface area contributed by atoms with Gasteiger partial charge in [-0.2, -0.15) is 0 Å². The minimum Gasteiger partial charge on any atom is -0.403 e. The van der Waals surface area contributed by atoms with Crippen molar-refractivity contribution in [3.8, 4) is 5.75 Å². The molecule has 0 atom stereocenters. The number of rotatable bonds is 7. The van der Waals surface area contributed by atoms with Gasteiger partial charge in [0, 0.05) is 41.4 Å². The molecule has 0 aliphatic heterocycles. The molecule has 0 fully saturated rings. The Bertz CT molecular complexity index is 911. The van der Waals surface area contributed by atoms with Crippen LogP contribution >= 0.6 is 0 Å². The molecule has 0 saturated heterocycles. The van der Waals surface area contributed by atoms with Crippen LogP contribution in [0.25, 0.3) is 0 Å². The highest BCUT2D eigenvalue weighted by atomic mass is 19.4. The maximum Gasteiger partial charge on any atom is 0.573 e. The molecule has 0 saturated carbocycles. The number of pyridine rings is 1. The van der Waals surface area contributed by atoms with Crippen LogP contribution in [0.2, 0.25) is 0 Å². The van der Waals surface area contributed by atoms with Crippen molar-refractivity contribution in [1.29, 1.82) is 0 Å². The van der Waals surface area contributed by atoms with Crippen LogP contribution in [0.5, 0.6) is 5.75 Å². The lowest BCUT2D eigenvalue weighted by Crippen LogP contribution is -2.24. The second kappa shape index (κ2) is 9.02. The number of nitrogens with one attached hydrogen (secondary N) is 1. The summed E-state index contributed by atoms with van der Waals surface area (Å²) >= 11 is 0. The average Bonchev–Trinajstić information content (AvgIpc) is 2.60. The van der Waals surface area contributed by atoms with E-state index in [1.165, 1.54) is 24.3 Å². The molecule has 5 nitrogen and oxygen atoms in total. The van der Waals surface area contributed by atoms with Crippen molar-refractivity contribution >= 4 is 11.7 Å². The van der Waals surface area contributed by atoms with Gasteiger partial charge in [0.2, 0.25) is 0 Å². The number of alkyl halides is 3. The molecule has 0 aliphatic carbocycles. The maximum atomic E-state index is 14.2. The van der Waals surface area contributed by atoms with Gasteiger partial charge >= 0.3 is 6.36 Å². The molecule has 1 aromatic heterocycles. The third-order valence-electron chi connectivity index (χ3n) is 3.98. The summed E-state index contributed by atoms with van der Waals surface area (Å²) in [6, 6.07) is 6.24. The molecule has 0 bridgehead atoms. The number of ether oxygens (including phenoxy) is 1. The predicted octanol–water partition coefficient (Wildman–Crippen LogP) is 4.13. The van der Waals surface area contributed by atoms with E-state index >= 15 is 0 Å². The number of Topliss-reactive ketones (excluding diaryl/α,β-unsaturated/α-hetero) is 1. The minimum atomic E-state index is -5.03. The van der Waals surface area contributed by atoms with Gasteiger partial charge in [-0.25, -0.2) is 4.39 Å². The van der Waals surface area contributed by atoms with Gasteiger partial charge in [0.25, 0.3) is 5.91 Å². The van der Waals surface area contributed by atoms with Crippen LogP contribution in [0.1, 0.15) is 41.2 Å². The van der Waals surface area contributed by atoms with Crippen LogP contribution in [0.3, 0.4) is 0 Å². The van der Waals surface area contributed by atoms with E-state index in [1.807, 2.05) is 0 Å². The Labute approximate surface area is 165 Å². The van der Waals surface area contributed by atoms with Crippen molar-refractivity contribution < 1.29 is 31.9 Å². The Morgan fingerprint density at radius 2 is 1.90 bits per heavy atom. The summed E-state index contributed by atoms with van der Waals surface area (Å²) in [5, 5.41) is 2.45. The number of benzene rings is 1. The first kappa shape index (κ1) is 22.3. The monoisotopic (exact) mass is 412 g/mol. The van der Waals surface area contributed by atoms with Crippen molar-refractivity contribution in [2.24, 2.45) is 5.92 Å². The molecule has 2 aromatic rings. The second-order valence-corrected chi connectivity index (χ2v) is 6.75. The number of aryl methyl sites for hydroxylation is 1. The number of carbonyl (C=O) groups is 2. The fourth-order valence-electron chi connectivity index (χ4n) is 2.52. The molecular weight excluding hydrogens is 392 g/mol. The number of carbonyl (C=O) groups excluding carboxylic acids is 2. The fourth-order valence-corrected chi connectivity index (χ4v) is 2.52. The quantitative estimate of drug-likeness (QED) is 0.695. The van der Waals surface area contributed by atoms with E-state index in [4.69, 9.17) is 0 Å². The van der Waals surface area contributed by atoms with Gasteiger partial charge in [-0.3, -0.25) is 14.6 Å². The molecule has 1 N–H and O–H groups in total. The Balaban J connectivity index is 2.13. The van der Waals surface area contributed by atoms with Crippen LogP contribution in [0.4, 0.5) is 17.6 Å². The Kier molecular flexibility index (Phi) is 6.94. The van der Waals surface area contributed by atoms with Gasteiger partial charge in [-0.05, 0) is 25.1 Å². The normalized spacial score (nSPS) is 11.4. The maximum absolute atomic E-state index is 14.2. The van der Waals surface area contributed by atoms with Crippen LogP contribution in [-0.2, 0) is 17.8 Å². The van der Waals surface area contributed by atoms with E-state index in [0.717, 1.165) is 6.07 Å². The number of nitrogens with zero attached hydrogens (tertiary/aromatic N) is 1. The lowest BCUT2D eigenvalue weighted by Gasteiger charge is -2.13. The summed E-state index contributed by atoms with van der Waals surface area (Å²) in [7, 11) is 0. The van der Waals surface area contributed by atoms with Gasteiger partial charge in [0.15, 0.2) is 11.6 Å². The van der Waals surface area contributed by atoms with Crippen LogP contribution in [0.15, 0.2) is 30.3 Å². The summed E-state index contributed by atoms with van der Waals surface area (Å²) in [6.45, 7) is 4.84. The number of hydrogen-bond donors (Lipinski definition) is 1. The van der Waals surface area contributed by atoms with E-state index in [0.29, 0.717) is 11.4 Å². The molecule has 1 aromatic carbocycles. The molecule has 0 radical (unpaired) electrons.